The first-order valence-corrected chi connectivity index (χ1v) is 11.9. The Labute approximate surface area is 183 Å². The third-order valence-corrected chi connectivity index (χ3v) is 7.39. The first-order valence-electron chi connectivity index (χ1n) is 9.00. The van der Waals surface area contributed by atoms with Crippen molar-refractivity contribution < 1.29 is 18.0 Å². The van der Waals surface area contributed by atoms with Crippen molar-refractivity contribution in [2.24, 2.45) is 0 Å². The molecule has 3 aromatic rings. The zero-order chi connectivity index (χ0) is 21.7. The van der Waals surface area contributed by atoms with Crippen LogP contribution in [0.15, 0.2) is 48.5 Å². The van der Waals surface area contributed by atoms with Gasteiger partial charge in [-0.2, -0.15) is 0 Å². The van der Waals surface area contributed by atoms with Crippen LogP contribution >= 0.6 is 22.9 Å². The molecule has 2 aromatic carbocycles. The van der Waals surface area contributed by atoms with Crippen molar-refractivity contribution in [3.8, 4) is 0 Å². The Balaban J connectivity index is 1.58. The fraction of sp³-hybridized carbons (Fsp3) is 0.200. The van der Waals surface area contributed by atoms with Crippen LogP contribution in [-0.2, 0) is 27.1 Å². The normalized spacial score (nSPS) is 11.4. The first-order chi connectivity index (χ1) is 14.3. The minimum absolute atomic E-state index is 0.147. The first kappa shape index (κ1) is 22.2. The molecule has 0 bridgehead atoms. The second kappa shape index (κ2) is 9.57. The van der Waals surface area contributed by atoms with Crippen molar-refractivity contribution in [1.82, 2.24) is 15.4 Å². The van der Waals surface area contributed by atoms with Crippen molar-refractivity contribution in [2.45, 2.75) is 12.3 Å². The van der Waals surface area contributed by atoms with Gasteiger partial charge in [0, 0.05) is 16.6 Å². The highest BCUT2D eigenvalue weighted by Crippen LogP contribution is 2.34. The van der Waals surface area contributed by atoms with Crippen LogP contribution in [0.5, 0.6) is 0 Å². The van der Waals surface area contributed by atoms with Gasteiger partial charge in [-0.3, -0.25) is 9.59 Å². The van der Waals surface area contributed by atoms with Gasteiger partial charge in [0.15, 0.2) is 0 Å². The Kier molecular flexibility index (Phi) is 7.09. The van der Waals surface area contributed by atoms with Gasteiger partial charge in [0.25, 0.3) is 5.91 Å². The Bertz CT molecular complexity index is 1190. The van der Waals surface area contributed by atoms with E-state index in [0.29, 0.717) is 21.0 Å². The maximum Gasteiger partial charge on any atom is 0.263 e. The fourth-order valence-corrected chi connectivity index (χ4v) is 5.07. The van der Waals surface area contributed by atoms with Crippen LogP contribution in [0.2, 0.25) is 5.02 Å². The zero-order valence-corrected chi connectivity index (χ0v) is 18.5. The van der Waals surface area contributed by atoms with Crippen LogP contribution in [0.3, 0.4) is 0 Å². The van der Waals surface area contributed by atoms with Gasteiger partial charge >= 0.3 is 0 Å². The van der Waals surface area contributed by atoms with Gasteiger partial charge in [0.05, 0.1) is 17.3 Å². The van der Waals surface area contributed by atoms with Crippen LogP contribution in [0.25, 0.3) is 10.1 Å². The lowest BCUT2D eigenvalue weighted by atomic mass is 10.1. The van der Waals surface area contributed by atoms with E-state index in [1.54, 1.807) is 24.3 Å². The van der Waals surface area contributed by atoms with Crippen LogP contribution in [0.4, 0.5) is 0 Å². The third kappa shape index (κ3) is 5.37. The van der Waals surface area contributed by atoms with E-state index in [9.17, 15) is 18.0 Å². The smallest absolute Gasteiger partial charge is 0.263 e. The lowest BCUT2D eigenvalue weighted by Crippen LogP contribution is -2.36. The van der Waals surface area contributed by atoms with Gasteiger partial charge < -0.3 is 10.6 Å². The van der Waals surface area contributed by atoms with Gasteiger partial charge in [-0.25, -0.2) is 13.1 Å². The quantitative estimate of drug-likeness (QED) is 0.475. The zero-order valence-electron chi connectivity index (χ0n) is 16.1. The number of sulfonamides is 1. The largest absolute Gasteiger partial charge is 0.350 e. The van der Waals surface area contributed by atoms with Crippen LogP contribution < -0.4 is 15.4 Å². The molecule has 0 fully saturated rings. The van der Waals surface area contributed by atoms with E-state index in [1.165, 1.54) is 18.4 Å². The maximum atomic E-state index is 12.4. The van der Waals surface area contributed by atoms with E-state index in [2.05, 4.69) is 15.4 Å². The second-order valence-corrected chi connectivity index (χ2v) is 9.79. The molecule has 0 aliphatic rings. The molecule has 7 nitrogen and oxygen atoms in total. The van der Waals surface area contributed by atoms with E-state index in [-0.39, 0.29) is 18.8 Å². The number of rotatable bonds is 8. The van der Waals surface area contributed by atoms with Crippen LogP contribution in [-0.4, -0.2) is 33.8 Å². The van der Waals surface area contributed by atoms with Crippen molar-refractivity contribution in [3.63, 3.8) is 0 Å². The summed E-state index contributed by atoms with van der Waals surface area (Å²) in [5.41, 5.74) is 1.27. The standard InChI is InChI=1S/C20H20ClN3O4S2/c1-22-30(27,28)12-14-7-3-2-6-13(14)10-23-17(25)11-24-20(26)19-18(21)15-8-4-5-9-16(15)29-19/h2-9,22H,10-12H2,1H3,(H,23,25)(H,24,26). The molecule has 2 amide bonds. The molecule has 1 aromatic heterocycles. The van der Waals surface area contributed by atoms with Crippen molar-refractivity contribution in [2.75, 3.05) is 13.6 Å². The molecule has 10 heteroatoms. The molecule has 0 aliphatic carbocycles. The molecular formula is C20H20ClN3O4S2. The van der Waals surface area contributed by atoms with E-state index in [1.807, 2.05) is 24.3 Å². The number of benzene rings is 2. The minimum Gasteiger partial charge on any atom is -0.350 e. The summed E-state index contributed by atoms with van der Waals surface area (Å²) in [4.78, 5) is 24.9. The SMILES string of the molecule is CNS(=O)(=O)Cc1ccccc1CNC(=O)CNC(=O)c1sc2ccccc2c1Cl. The minimum atomic E-state index is -3.43. The van der Waals surface area contributed by atoms with E-state index < -0.39 is 21.8 Å². The Morgan fingerprint density at radius 1 is 1.00 bits per heavy atom. The summed E-state index contributed by atoms with van der Waals surface area (Å²) in [5.74, 6) is -1.000. The highest BCUT2D eigenvalue weighted by atomic mass is 35.5. The number of nitrogens with one attached hydrogen (secondary N) is 3. The molecular weight excluding hydrogens is 446 g/mol. The number of carbonyl (C=O) groups is 2. The second-order valence-electron chi connectivity index (χ2n) is 6.43. The van der Waals surface area contributed by atoms with Crippen LogP contribution in [0.1, 0.15) is 20.8 Å². The summed E-state index contributed by atoms with van der Waals surface area (Å²) in [6, 6.07) is 14.4. The van der Waals surface area contributed by atoms with Crippen molar-refractivity contribution >= 4 is 54.9 Å². The topological polar surface area (TPSA) is 104 Å². The molecule has 0 unspecified atom stereocenters. The molecule has 3 rings (SSSR count). The lowest BCUT2D eigenvalue weighted by molar-refractivity contribution is -0.120. The highest BCUT2D eigenvalue weighted by Gasteiger charge is 2.18. The van der Waals surface area contributed by atoms with Gasteiger partial charge in [0.2, 0.25) is 15.9 Å². The molecule has 0 atom stereocenters. The highest BCUT2D eigenvalue weighted by molar-refractivity contribution is 7.88. The monoisotopic (exact) mass is 465 g/mol. The summed E-state index contributed by atoms with van der Waals surface area (Å²) in [6.07, 6.45) is 0. The molecule has 158 valence electrons. The van der Waals surface area contributed by atoms with E-state index >= 15 is 0 Å². The molecule has 0 aliphatic heterocycles. The number of fused-ring (bicyclic) bond motifs is 1. The summed E-state index contributed by atoms with van der Waals surface area (Å²) < 4.78 is 26.8. The average Bonchev–Trinajstić information content (AvgIpc) is 3.08. The number of hydrogen-bond acceptors (Lipinski definition) is 5. The number of halogens is 1. The molecule has 1 heterocycles. The number of carbonyl (C=O) groups excluding carboxylic acids is 2. The molecule has 30 heavy (non-hydrogen) atoms. The Morgan fingerprint density at radius 2 is 1.67 bits per heavy atom. The third-order valence-electron chi connectivity index (χ3n) is 4.40. The summed E-state index contributed by atoms with van der Waals surface area (Å²) in [7, 11) is -2.08. The van der Waals surface area contributed by atoms with Crippen molar-refractivity contribution in [1.29, 1.82) is 0 Å². The molecule has 3 N–H and O–H groups in total. The molecule has 0 radical (unpaired) electrons. The number of amides is 2. The number of hydrogen-bond donors (Lipinski definition) is 3. The maximum absolute atomic E-state index is 12.4. The predicted octanol–water partition coefficient (Wildman–Crippen LogP) is 2.65. The predicted molar refractivity (Wildman–Crippen MR) is 119 cm³/mol. The van der Waals surface area contributed by atoms with Crippen molar-refractivity contribution in [3.05, 3.63) is 69.6 Å². The summed E-state index contributed by atoms with van der Waals surface area (Å²) in [6.45, 7) is -0.0753. The van der Waals surface area contributed by atoms with Gasteiger partial charge in [-0.05, 0) is 24.2 Å². The Morgan fingerprint density at radius 3 is 2.37 bits per heavy atom. The molecule has 0 saturated carbocycles. The van der Waals surface area contributed by atoms with Crippen LogP contribution in [0, 0.1) is 0 Å². The molecule has 0 saturated heterocycles. The van der Waals surface area contributed by atoms with Gasteiger partial charge in [0.1, 0.15) is 4.88 Å². The summed E-state index contributed by atoms with van der Waals surface area (Å²) in [5, 5.41) is 6.43. The number of thiophene rings is 1. The summed E-state index contributed by atoms with van der Waals surface area (Å²) >= 11 is 7.55. The fourth-order valence-electron chi connectivity index (χ4n) is 2.80. The lowest BCUT2D eigenvalue weighted by Gasteiger charge is -2.11. The van der Waals surface area contributed by atoms with E-state index in [4.69, 9.17) is 11.6 Å². The van der Waals surface area contributed by atoms with Gasteiger partial charge in [-0.1, -0.05) is 54.1 Å². The van der Waals surface area contributed by atoms with E-state index in [0.717, 1.165) is 10.1 Å². The van der Waals surface area contributed by atoms with Gasteiger partial charge in [-0.15, -0.1) is 11.3 Å². The average molecular weight is 466 g/mol. The molecule has 0 spiro atoms. The Hall–Kier alpha value is -2.46.